The second-order valence-electron chi connectivity index (χ2n) is 9.37. The number of ether oxygens (including phenoxy) is 2. The first-order valence-corrected chi connectivity index (χ1v) is 11.8. The Morgan fingerprint density at radius 1 is 0.590 bits per heavy atom. The summed E-state index contributed by atoms with van der Waals surface area (Å²) in [6, 6.07) is 2.74. The lowest BCUT2D eigenvalue weighted by Gasteiger charge is -2.27. The predicted molar refractivity (Wildman–Crippen MR) is 118 cm³/mol. The number of alkyl halides is 4. The molecule has 1 fully saturated rings. The zero-order valence-corrected chi connectivity index (χ0v) is 20.1. The third-order valence-corrected chi connectivity index (χ3v) is 6.58. The minimum atomic E-state index is -4.59. The molecule has 39 heavy (non-hydrogen) atoms. The third-order valence-electron chi connectivity index (χ3n) is 6.58. The molecule has 0 atom stereocenters. The predicted octanol–water partition coefficient (Wildman–Crippen LogP) is 9.07. The van der Waals surface area contributed by atoms with Gasteiger partial charge in [0.1, 0.15) is 28.4 Å². The van der Waals surface area contributed by atoms with Gasteiger partial charge < -0.3 is 9.47 Å². The molecule has 12 heteroatoms. The molecule has 3 aromatic rings. The summed E-state index contributed by atoms with van der Waals surface area (Å²) in [6.07, 6.45) is -6.44. The standard InChI is InChI=1S/C27H20F10O2/c1-13-2-4-14(5-3-13)17-7-9-19(24(32)23(17)31)27(36,37)38-15-6-8-18(20(28)10-15)26(34,35)39-16-11-21(29)25(33)22(30)12-16/h6-14H,2-5H2,1H3. The van der Waals surface area contributed by atoms with Crippen molar-refractivity contribution in [2.24, 2.45) is 5.92 Å². The van der Waals surface area contributed by atoms with Crippen LogP contribution in [0.25, 0.3) is 0 Å². The molecule has 4 rings (SSSR count). The molecule has 1 aliphatic rings. The Kier molecular flexibility index (Phi) is 7.77. The molecule has 0 radical (unpaired) electrons. The van der Waals surface area contributed by atoms with Crippen molar-refractivity contribution in [2.45, 2.75) is 50.7 Å². The van der Waals surface area contributed by atoms with Crippen molar-refractivity contribution < 1.29 is 53.4 Å². The Hall–Kier alpha value is -3.44. The van der Waals surface area contributed by atoms with Gasteiger partial charge in [-0.15, -0.1) is 0 Å². The molecule has 2 nitrogen and oxygen atoms in total. The topological polar surface area (TPSA) is 18.5 Å². The van der Waals surface area contributed by atoms with E-state index in [4.69, 9.17) is 0 Å². The van der Waals surface area contributed by atoms with E-state index >= 15 is 0 Å². The van der Waals surface area contributed by atoms with Crippen molar-refractivity contribution in [3.63, 3.8) is 0 Å². The van der Waals surface area contributed by atoms with Crippen LogP contribution in [0.15, 0.2) is 42.5 Å². The summed E-state index contributed by atoms with van der Waals surface area (Å²) in [5.41, 5.74) is -3.07. The van der Waals surface area contributed by atoms with Crippen LogP contribution >= 0.6 is 0 Å². The number of hydrogen-bond donors (Lipinski definition) is 0. The van der Waals surface area contributed by atoms with Crippen molar-refractivity contribution in [1.82, 2.24) is 0 Å². The molecular formula is C27H20F10O2. The molecule has 0 bridgehead atoms. The van der Waals surface area contributed by atoms with Crippen molar-refractivity contribution in [3.05, 3.63) is 94.1 Å². The normalized spacial score (nSPS) is 18.2. The summed E-state index contributed by atoms with van der Waals surface area (Å²) in [5, 5.41) is 0. The summed E-state index contributed by atoms with van der Waals surface area (Å²) in [6.45, 7) is 2.02. The van der Waals surface area contributed by atoms with Crippen LogP contribution < -0.4 is 9.47 Å². The maximum atomic E-state index is 14.7. The van der Waals surface area contributed by atoms with Gasteiger partial charge in [0.15, 0.2) is 29.1 Å². The first-order chi connectivity index (χ1) is 18.2. The molecule has 1 saturated carbocycles. The van der Waals surface area contributed by atoms with Gasteiger partial charge in [-0.2, -0.15) is 17.6 Å². The highest BCUT2D eigenvalue weighted by molar-refractivity contribution is 5.35. The average Bonchev–Trinajstić information content (AvgIpc) is 2.84. The summed E-state index contributed by atoms with van der Waals surface area (Å²) in [4.78, 5) is 0. The Labute approximate surface area is 216 Å². The quantitative estimate of drug-likeness (QED) is 0.210. The molecular weight excluding hydrogens is 546 g/mol. The Bertz CT molecular complexity index is 1340. The van der Waals surface area contributed by atoms with Crippen LogP contribution in [0.3, 0.4) is 0 Å². The van der Waals surface area contributed by atoms with Crippen LogP contribution in [0.2, 0.25) is 0 Å². The van der Waals surface area contributed by atoms with Crippen molar-refractivity contribution in [1.29, 1.82) is 0 Å². The van der Waals surface area contributed by atoms with E-state index in [1.807, 2.05) is 6.92 Å². The zero-order valence-electron chi connectivity index (χ0n) is 20.1. The maximum absolute atomic E-state index is 14.7. The minimum Gasteiger partial charge on any atom is -0.429 e. The van der Waals surface area contributed by atoms with E-state index < -0.39 is 69.7 Å². The van der Waals surface area contributed by atoms with E-state index in [1.54, 1.807) is 0 Å². The summed E-state index contributed by atoms with van der Waals surface area (Å²) in [5.74, 6) is -12.9. The van der Waals surface area contributed by atoms with Crippen molar-refractivity contribution in [2.75, 3.05) is 0 Å². The second-order valence-corrected chi connectivity index (χ2v) is 9.37. The van der Waals surface area contributed by atoms with Crippen LogP contribution in [-0.2, 0) is 12.2 Å². The third kappa shape index (κ3) is 5.94. The molecule has 0 saturated heterocycles. The van der Waals surface area contributed by atoms with Crippen molar-refractivity contribution >= 4 is 0 Å². The minimum absolute atomic E-state index is 0.0440. The fourth-order valence-corrected chi connectivity index (χ4v) is 4.47. The van der Waals surface area contributed by atoms with Crippen LogP contribution in [0.1, 0.15) is 55.2 Å². The average molecular weight is 566 g/mol. The SMILES string of the molecule is CC1CCC(c2ccc(C(F)(F)Oc3ccc(C(F)(F)Oc4cc(F)c(F)c(F)c4)c(F)c3)c(F)c2F)CC1. The molecule has 0 N–H and O–H groups in total. The molecule has 0 heterocycles. The van der Waals surface area contributed by atoms with Gasteiger partial charge in [-0.3, -0.25) is 0 Å². The Morgan fingerprint density at radius 2 is 1.10 bits per heavy atom. The highest BCUT2D eigenvalue weighted by atomic mass is 19.3. The molecule has 0 unspecified atom stereocenters. The molecule has 0 aromatic heterocycles. The molecule has 3 aromatic carbocycles. The van der Waals surface area contributed by atoms with Crippen LogP contribution in [0.4, 0.5) is 43.9 Å². The molecule has 0 aliphatic heterocycles. The largest absolute Gasteiger partial charge is 0.429 e. The van der Waals surface area contributed by atoms with Gasteiger partial charge in [0, 0.05) is 18.2 Å². The summed E-state index contributed by atoms with van der Waals surface area (Å²) in [7, 11) is 0. The molecule has 0 amide bonds. The van der Waals surface area contributed by atoms with Crippen LogP contribution in [0.5, 0.6) is 11.5 Å². The van der Waals surface area contributed by atoms with Gasteiger partial charge in [0.25, 0.3) is 0 Å². The highest BCUT2D eigenvalue weighted by Gasteiger charge is 2.42. The monoisotopic (exact) mass is 566 g/mol. The molecule has 210 valence electrons. The Balaban J connectivity index is 1.54. The number of rotatable bonds is 7. The molecule has 0 spiro atoms. The van der Waals surface area contributed by atoms with Gasteiger partial charge in [-0.25, -0.2) is 26.3 Å². The lowest BCUT2D eigenvalue weighted by molar-refractivity contribution is -0.189. The number of halogens is 10. The van der Waals surface area contributed by atoms with E-state index in [9.17, 15) is 43.9 Å². The van der Waals surface area contributed by atoms with Crippen LogP contribution in [0, 0.1) is 40.8 Å². The number of hydrogen-bond acceptors (Lipinski definition) is 2. The fraction of sp³-hybridized carbons (Fsp3) is 0.333. The van der Waals surface area contributed by atoms with Gasteiger partial charge in [-0.1, -0.05) is 25.8 Å². The second kappa shape index (κ2) is 10.6. The van der Waals surface area contributed by atoms with E-state index in [-0.39, 0.29) is 35.7 Å². The lowest BCUT2D eigenvalue weighted by Crippen LogP contribution is -2.26. The smallest absolute Gasteiger partial charge is 0.429 e. The zero-order chi connectivity index (χ0) is 28.7. The van der Waals surface area contributed by atoms with E-state index in [1.165, 1.54) is 0 Å². The molecule has 1 aliphatic carbocycles. The highest BCUT2D eigenvalue weighted by Crippen LogP contribution is 2.41. The first kappa shape index (κ1) is 28.6. The van der Waals surface area contributed by atoms with Gasteiger partial charge >= 0.3 is 12.2 Å². The summed E-state index contributed by atoms with van der Waals surface area (Å²) < 4.78 is 150. The Morgan fingerprint density at radius 3 is 1.69 bits per heavy atom. The first-order valence-electron chi connectivity index (χ1n) is 11.8. The summed E-state index contributed by atoms with van der Waals surface area (Å²) >= 11 is 0. The van der Waals surface area contributed by atoms with Gasteiger partial charge in [-0.05, 0) is 48.4 Å². The number of benzene rings is 3. The van der Waals surface area contributed by atoms with E-state index in [0.717, 1.165) is 18.9 Å². The van der Waals surface area contributed by atoms with Crippen LogP contribution in [-0.4, -0.2) is 0 Å². The van der Waals surface area contributed by atoms with Gasteiger partial charge in [0.05, 0.1) is 0 Å². The van der Waals surface area contributed by atoms with Crippen molar-refractivity contribution in [3.8, 4) is 11.5 Å². The van der Waals surface area contributed by atoms with Gasteiger partial charge in [0.2, 0.25) is 0 Å². The van der Waals surface area contributed by atoms with E-state index in [0.29, 0.717) is 30.9 Å². The maximum Gasteiger partial charge on any atom is 0.429 e. The fourth-order valence-electron chi connectivity index (χ4n) is 4.47. The lowest BCUT2D eigenvalue weighted by atomic mass is 9.79. The van der Waals surface area contributed by atoms with E-state index in [2.05, 4.69) is 9.47 Å².